The van der Waals surface area contributed by atoms with E-state index in [4.69, 9.17) is 10.2 Å². The molecule has 0 aromatic heterocycles. The monoisotopic (exact) mass is 318 g/mol. The minimum atomic E-state index is -1.11. The molecule has 9 heteroatoms. The molecule has 0 spiro atoms. The van der Waals surface area contributed by atoms with Crippen LogP contribution in [-0.4, -0.2) is 57.6 Å². The molecular weight excluding hydrogens is 300 g/mol. The standard InChI is InChI=1S/C12H18N2O6S/c1-6(11(17)18)2-3-9(15)13-7-4-21-5-8(12(19)20)14-10(7)16/h6-8H,2-5H2,1H3,(H,13,15)(H,14,16)(H,17,18)(H,19,20)/t6?,7-,8-/m0/s1. The summed E-state index contributed by atoms with van der Waals surface area (Å²) in [4.78, 5) is 45.0. The molecule has 1 aliphatic rings. The lowest BCUT2D eigenvalue weighted by Crippen LogP contribution is -2.51. The van der Waals surface area contributed by atoms with E-state index in [9.17, 15) is 19.2 Å². The number of rotatable bonds is 6. The third-order valence-electron chi connectivity index (χ3n) is 3.06. The number of amides is 2. The number of nitrogens with one attached hydrogen (secondary N) is 2. The van der Waals surface area contributed by atoms with Crippen LogP contribution in [0.5, 0.6) is 0 Å². The molecule has 4 N–H and O–H groups in total. The van der Waals surface area contributed by atoms with Gasteiger partial charge in [0, 0.05) is 17.9 Å². The molecule has 0 bridgehead atoms. The second-order valence-electron chi connectivity index (χ2n) is 4.83. The van der Waals surface area contributed by atoms with Crippen molar-refractivity contribution in [3.63, 3.8) is 0 Å². The van der Waals surface area contributed by atoms with E-state index in [0.29, 0.717) is 0 Å². The lowest BCUT2D eigenvalue weighted by molar-refractivity contribution is -0.141. The van der Waals surface area contributed by atoms with Gasteiger partial charge in [0.25, 0.3) is 0 Å². The van der Waals surface area contributed by atoms with Crippen LogP contribution in [0.3, 0.4) is 0 Å². The van der Waals surface area contributed by atoms with E-state index in [1.54, 1.807) is 0 Å². The van der Waals surface area contributed by atoms with E-state index in [1.807, 2.05) is 0 Å². The fraction of sp³-hybridized carbons (Fsp3) is 0.667. The Bertz CT molecular complexity index is 441. The van der Waals surface area contributed by atoms with Crippen molar-refractivity contribution in [3.8, 4) is 0 Å². The molecule has 1 rings (SSSR count). The van der Waals surface area contributed by atoms with E-state index < -0.39 is 41.8 Å². The molecule has 1 aliphatic heterocycles. The van der Waals surface area contributed by atoms with Crippen LogP contribution in [0.25, 0.3) is 0 Å². The molecule has 2 amide bonds. The average molecular weight is 318 g/mol. The molecule has 0 saturated carbocycles. The van der Waals surface area contributed by atoms with Gasteiger partial charge in [-0.05, 0) is 6.42 Å². The average Bonchev–Trinajstić information content (AvgIpc) is 2.58. The first kappa shape index (κ1) is 17.3. The van der Waals surface area contributed by atoms with Crippen molar-refractivity contribution in [2.75, 3.05) is 11.5 Å². The smallest absolute Gasteiger partial charge is 0.327 e. The molecule has 3 atom stereocenters. The lowest BCUT2D eigenvalue weighted by Gasteiger charge is -2.16. The second kappa shape index (κ2) is 7.87. The van der Waals surface area contributed by atoms with Crippen LogP contribution in [0, 0.1) is 5.92 Å². The molecule has 0 aromatic carbocycles. The zero-order valence-electron chi connectivity index (χ0n) is 11.5. The summed E-state index contributed by atoms with van der Waals surface area (Å²) in [6.07, 6.45) is 0.185. The van der Waals surface area contributed by atoms with Crippen LogP contribution in [0.4, 0.5) is 0 Å². The van der Waals surface area contributed by atoms with Gasteiger partial charge in [-0.2, -0.15) is 11.8 Å². The first-order chi connectivity index (χ1) is 9.81. The maximum atomic E-state index is 11.8. The maximum Gasteiger partial charge on any atom is 0.327 e. The topological polar surface area (TPSA) is 133 Å². The first-order valence-electron chi connectivity index (χ1n) is 6.44. The zero-order chi connectivity index (χ0) is 16.0. The highest BCUT2D eigenvalue weighted by Gasteiger charge is 2.30. The van der Waals surface area contributed by atoms with Crippen LogP contribution in [0.15, 0.2) is 0 Å². The number of carbonyl (C=O) groups is 4. The van der Waals surface area contributed by atoms with E-state index >= 15 is 0 Å². The van der Waals surface area contributed by atoms with Crippen molar-refractivity contribution < 1.29 is 29.4 Å². The van der Waals surface area contributed by atoms with E-state index in [2.05, 4.69) is 10.6 Å². The molecule has 0 aromatic rings. The third kappa shape index (κ3) is 5.62. The molecular formula is C12H18N2O6S. The van der Waals surface area contributed by atoms with Gasteiger partial charge in [0.15, 0.2) is 0 Å². The number of aliphatic carboxylic acids is 2. The van der Waals surface area contributed by atoms with Gasteiger partial charge in [0.05, 0.1) is 5.92 Å². The van der Waals surface area contributed by atoms with E-state index in [-0.39, 0.29) is 24.3 Å². The molecule has 21 heavy (non-hydrogen) atoms. The van der Waals surface area contributed by atoms with Crippen LogP contribution < -0.4 is 10.6 Å². The van der Waals surface area contributed by atoms with Gasteiger partial charge in [0.2, 0.25) is 11.8 Å². The maximum absolute atomic E-state index is 11.8. The molecule has 118 valence electrons. The predicted molar refractivity (Wildman–Crippen MR) is 74.9 cm³/mol. The zero-order valence-corrected chi connectivity index (χ0v) is 12.3. The molecule has 1 heterocycles. The van der Waals surface area contributed by atoms with Crippen molar-refractivity contribution in [2.24, 2.45) is 5.92 Å². The normalized spacial score (nSPS) is 23.6. The fourth-order valence-corrected chi connectivity index (χ4v) is 2.74. The summed E-state index contributed by atoms with van der Waals surface area (Å²) >= 11 is 1.26. The van der Waals surface area contributed by atoms with Crippen LogP contribution >= 0.6 is 11.8 Å². The van der Waals surface area contributed by atoms with Gasteiger partial charge in [-0.15, -0.1) is 0 Å². The molecule has 8 nitrogen and oxygen atoms in total. The Hall–Kier alpha value is -1.77. The third-order valence-corrected chi connectivity index (χ3v) is 4.20. The lowest BCUT2D eigenvalue weighted by atomic mass is 10.1. The van der Waals surface area contributed by atoms with Gasteiger partial charge in [-0.3, -0.25) is 14.4 Å². The Balaban J connectivity index is 2.46. The fourth-order valence-electron chi connectivity index (χ4n) is 1.67. The highest BCUT2D eigenvalue weighted by atomic mass is 32.2. The largest absolute Gasteiger partial charge is 0.481 e. The van der Waals surface area contributed by atoms with Crippen molar-refractivity contribution in [1.29, 1.82) is 0 Å². The Morgan fingerprint density at radius 3 is 2.62 bits per heavy atom. The molecule has 1 unspecified atom stereocenters. The summed E-state index contributed by atoms with van der Waals surface area (Å²) in [5, 5.41) is 22.5. The summed E-state index contributed by atoms with van der Waals surface area (Å²) in [7, 11) is 0. The minimum absolute atomic E-state index is 0.00424. The first-order valence-corrected chi connectivity index (χ1v) is 7.59. The molecule has 1 fully saturated rings. The minimum Gasteiger partial charge on any atom is -0.481 e. The molecule has 0 aliphatic carbocycles. The number of hydrogen-bond acceptors (Lipinski definition) is 5. The van der Waals surface area contributed by atoms with E-state index in [1.165, 1.54) is 18.7 Å². The summed E-state index contributed by atoms with van der Waals surface area (Å²) in [6.45, 7) is 1.50. The summed E-state index contributed by atoms with van der Waals surface area (Å²) < 4.78 is 0. The number of thioether (sulfide) groups is 1. The van der Waals surface area contributed by atoms with Gasteiger partial charge < -0.3 is 20.8 Å². The van der Waals surface area contributed by atoms with Crippen LogP contribution in [-0.2, 0) is 19.2 Å². The Morgan fingerprint density at radius 2 is 2.05 bits per heavy atom. The van der Waals surface area contributed by atoms with Gasteiger partial charge >= 0.3 is 11.9 Å². The summed E-state index contributed by atoms with van der Waals surface area (Å²) in [5.41, 5.74) is 0. The Kier molecular flexibility index (Phi) is 6.47. The number of hydrogen-bond donors (Lipinski definition) is 4. The van der Waals surface area contributed by atoms with E-state index in [0.717, 1.165) is 0 Å². The van der Waals surface area contributed by atoms with Crippen LogP contribution in [0.2, 0.25) is 0 Å². The summed E-state index contributed by atoms with van der Waals surface area (Å²) in [5.74, 6) is -3.15. The Morgan fingerprint density at radius 1 is 1.38 bits per heavy atom. The number of carbonyl (C=O) groups excluding carboxylic acids is 2. The quantitative estimate of drug-likeness (QED) is 0.508. The van der Waals surface area contributed by atoms with Gasteiger partial charge in [0.1, 0.15) is 12.1 Å². The second-order valence-corrected chi connectivity index (χ2v) is 5.91. The van der Waals surface area contributed by atoms with Gasteiger partial charge in [-0.1, -0.05) is 6.92 Å². The molecule has 1 saturated heterocycles. The van der Waals surface area contributed by atoms with Crippen LogP contribution in [0.1, 0.15) is 19.8 Å². The van der Waals surface area contributed by atoms with Crippen molar-refractivity contribution in [3.05, 3.63) is 0 Å². The molecule has 0 radical (unpaired) electrons. The number of carboxylic acid groups (broad SMARTS) is 2. The Labute approximate surface area is 125 Å². The predicted octanol–water partition coefficient (Wildman–Crippen LogP) is -0.712. The highest BCUT2D eigenvalue weighted by molar-refractivity contribution is 7.99. The van der Waals surface area contributed by atoms with Crippen molar-refractivity contribution in [2.45, 2.75) is 31.8 Å². The van der Waals surface area contributed by atoms with Gasteiger partial charge in [-0.25, -0.2) is 4.79 Å². The van der Waals surface area contributed by atoms with Crippen molar-refractivity contribution in [1.82, 2.24) is 10.6 Å². The SMILES string of the molecule is CC(CCC(=O)N[C@H]1CSC[C@@H](C(=O)O)NC1=O)C(=O)O. The van der Waals surface area contributed by atoms with Crippen molar-refractivity contribution >= 4 is 35.5 Å². The highest BCUT2D eigenvalue weighted by Crippen LogP contribution is 2.12. The number of carboxylic acids is 2. The summed E-state index contributed by atoms with van der Waals surface area (Å²) in [6, 6.07) is -1.76.